The first kappa shape index (κ1) is 17.2. The Bertz CT molecular complexity index is 719. The zero-order valence-corrected chi connectivity index (χ0v) is 13.7. The molecule has 1 aliphatic heterocycles. The fourth-order valence-electron chi connectivity index (χ4n) is 2.47. The lowest BCUT2D eigenvalue weighted by molar-refractivity contribution is -0.115. The Kier molecular flexibility index (Phi) is 5.58. The van der Waals surface area contributed by atoms with Gasteiger partial charge in [0.25, 0.3) is 0 Å². The SMILES string of the molecule is COc1ccc(S(=O)(=O)N2CCCCC2)cc1NC(=O)CC#N. The van der Waals surface area contributed by atoms with Gasteiger partial charge in [-0.05, 0) is 31.0 Å². The van der Waals surface area contributed by atoms with Crippen LogP contribution in [0.1, 0.15) is 25.7 Å². The fourth-order valence-corrected chi connectivity index (χ4v) is 4.01. The van der Waals surface area contributed by atoms with Gasteiger partial charge in [-0.25, -0.2) is 8.42 Å². The van der Waals surface area contributed by atoms with Crippen molar-refractivity contribution in [2.75, 3.05) is 25.5 Å². The Labute approximate surface area is 135 Å². The number of carbonyl (C=O) groups is 1. The minimum Gasteiger partial charge on any atom is -0.495 e. The first-order valence-electron chi connectivity index (χ1n) is 7.34. The van der Waals surface area contributed by atoms with E-state index in [1.54, 1.807) is 6.07 Å². The molecule has 0 atom stereocenters. The Morgan fingerprint density at radius 2 is 2.04 bits per heavy atom. The molecular formula is C15H19N3O4S. The molecular weight excluding hydrogens is 318 g/mol. The summed E-state index contributed by atoms with van der Waals surface area (Å²) in [4.78, 5) is 11.7. The number of nitrogens with zero attached hydrogens (tertiary/aromatic N) is 2. The molecule has 1 aromatic carbocycles. The topological polar surface area (TPSA) is 99.5 Å². The summed E-state index contributed by atoms with van der Waals surface area (Å²) in [6, 6.07) is 6.08. The zero-order valence-electron chi connectivity index (χ0n) is 12.9. The summed E-state index contributed by atoms with van der Waals surface area (Å²) in [5.74, 6) is -0.174. The van der Waals surface area contributed by atoms with Crippen molar-refractivity contribution >= 4 is 21.6 Å². The molecule has 1 saturated heterocycles. The highest BCUT2D eigenvalue weighted by atomic mass is 32.2. The summed E-state index contributed by atoms with van der Waals surface area (Å²) in [6.07, 6.45) is 2.42. The predicted octanol–water partition coefficient (Wildman–Crippen LogP) is 1.72. The summed E-state index contributed by atoms with van der Waals surface area (Å²) in [5, 5.41) is 11.1. The van der Waals surface area contributed by atoms with E-state index in [9.17, 15) is 13.2 Å². The van der Waals surface area contributed by atoms with E-state index >= 15 is 0 Å². The lowest BCUT2D eigenvalue weighted by atomic mass is 10.2. The number of anilines is 1. The van der Waals surface area contributed by atoms with E-state index in [4.69, 9.17) is 10.00 Å². The standard InChI is InChI=1S/C15H19N3O4S/c1-22-14-6-5-12(11-13(14)17-15(19)7-8-16)23(20,21)18-9-3-2-4-10-18/h5-6,11H,2-4,7,9-10H2,1H3,(H,17,19). The second-order valence-corrected chi connectivity index (χ2v) is 7.15. The molecule has 7 nitrogen and oxygen atoms in total. The van der Waals surface area contributed by atoms with E-state index < -0.39 is 15.9 Å². The lowest BCUT2D eigenvalue weighted by Gasteiger charge is -2.26. The number of hydrogen-bond acceptors (Lipinski definition) is 5. The minimum absolute atomic E-state index is 0.104. The Balaban J connectivity index is 2.32. The molecule has 124 valence electrons. The number of sulfonamides is 1. The number of benzene rings is 1. The van der Waals surface area contributed by atoms with Gasteiger partial charge in [0, 0.05) is 13.1 Å². The van der Waals surface area contributed by atoms with Gasteiger partial charge in [-0.15, -0.1) is 0 Å². The lowest BCUT2D eigenvalue weighted by Crippen LogP contribution is -2.35. The molecule has 0 spiro atoms. The van der Waals surface area contributed by atoms with Gasteiger partial charge in [0.2, 0.25) is 15.9 Å². The van der Waals surface area contributed by atoms with Crippen LogP contribution < -0.4 is 10.1 Å². The van der Waals surface area contributed by atoms with Crippen molar-refractivity contribution in [3.63, 3.8) is 0 Å². The van der Waals surface area contributed by atoms with Crippen LogP contribution in [-0.4, -0.2) is 38.8 Å². The number of carbonyl (C=O) groups excluding carboxylic acids is 1. The van der Waals surface area contributed by atoms with Crippen LogP contribution in [0.5, 0.6) is 5.75 Å². The first-order chi connectivity index (χ1) is 11.0. The van der Waals surface area contributed by atoms with Crippen LogP contribution in [0.3, 0.4) is 0 Å². The third-order valence-corrected chi connectivity index (χ3v) is 5.53. The Hall–Kier alpha value is -2.11. The second kappa shape index (κ2) is 7.44. The highest BCUT2D eigenvalue weighted by molar-refractivity contribution is 7.89. The number of methoxy groups -OCH3 is 1. The van der Waals surface area contributed by atoms with Crippen LogP contribution in [-0.2, 0) is 14.8 Å². The summed E-state index contributed by atoms with van der Waals surface area (Å²) >= 11 is 0. The largest absolute Gasteiger partial charge is 0.495 e. The molecule has 0 aromatic heterocycles. The Morgan fingerprint density at radius 1 is 1.35 bits per heavy atom. The number of nitrogens with one attached hydrogen (secondary N) is 1. The molecule has 1 N–H and O–H groups in total. The zero-order chi connectivity index (χ0) is 16.9. The van der Waals surface area contributed by atoms with Gasteiger partial charge in [0.05, 0.1) is 23.8 Å². The van der Waals surface area contributed by atoms with Crippen LogP contribution in [0.2, 0.25) is 0 Å². The maximum Gasteiger partial charge on any atom is 0.243 e. The average molecular weight is 337 g/mol. The van der Waals surface area contributed by atoms with Crippen molar-refractivity contribution in [2.45, 2.75) is 30.6 Å². The van der Waals surface area contributed by atoms with E-state index in [0.29, 0.717) is 18.8 Å². The van der Waals surface area contributed by atoms with Crippen molar-refractivity contribution in [1.82, 2.24) is 4.31 Å². The van der Waals surface area contributed by atoms with Gasteiger partial charge in [-0.3, -0.25) is 4.79 Å². The molecule has 0 bridgehead atoms. The number of ether oxygens (including phenoxy) is 1. The molecule has 23 heavy (non-hydrogen) atoms. The third-order valence-electron chi connectivity index (χ3n) is 3.64. The summed E-state index contributed by atoms with van der Waals surface area (Å²) in [6.45, 7) is 1.01. The normalized spacial score (nSPS) is 15.7. The quantitative estimate of drug-likeness (QED) is 0.882. The highest BCUT2D eigenvalue weighted by Crippen LogP contribution is 2.30. The van der Waals surface area contributed by atoms with Crippen LogP contribution >= 0.6 is 0 Å². The third kappa shape index (κ3) is 4.00. The van der Waals surface area contributed by atoms with Crippen LogP contribution in [0.4, 0.5) is 5.69 Å². The average Bonchev–Trinajstić information content (AvgIpc) is 2.55. The molecule has 2 rings (SSSR count). The molecule has 1 amide bonds. The molecule has 1 fully saturated rings. The smallest absolute Gasteiger partial charge is 0.243 e. The molecule has 1 aliphatic rings. The van der Waals surface area contributed by atoms with Gasteiger partial charge >= 0.3 is 0 Å². The fraction of sp³-hybridized carbons (Fsp3) is 0.467. The van der Waals surface area contributed by atoms with Gasteiger partial charge < -0.3 is 10.1 Å². The van der Waals surface area contributed by atoms with Crippen LogP contribution in [0, 0.1) is 11.3 Å². The van der Waals surface area contributed by atoms with E-state index in [-0.39, 0.29) is 17.0 Å². The summed E-state index contributed by atoms with van der Waals surface area (Å²) < 4.78 is 31.9. The summed E-state index contributed by atoms with van der Waals surface area (Å²) in [7, 11) is -2.17. The Morgan fingerprint density at radius 3 is 2.65 bits per heavy atom. The van der Waals surface area contributed by atoms with Gasteiger partial charge in [0.15, 0.2) is 0 Å². The van der Waals surface area contributed by atoms with Crippen molar-refractivity contribution in [3.05, 3.63) is 18.2 Å². The van der Waals surface area contributed by atoms with Crippen LogP contribution in [0.25, 0.3) is 0 Å². The van der Waals surface area contributed by atoms with E-state index in [1.807, 2.05) is 0 Å². The highest BCUT2D eigenvalue weighted by Gasteiger charge is 2.26. The molecule has 1 heterocycles. The predicted molar refractivity (Wildman–Crippen MR) is 84.5 cm³/mol. The molecule has 0 unspecified atom stereocenters. The molecule has 0 saturated carbocycles. The van der Waals surface area contributed by atoms with Gasteiger partial charge in [-0.1, -0.05) is 6.42 Å². The van der Waals surface area contributed by atoms with Gasteiger partial charge in [0.1, 0.15) is 12.2 Å². The number of rotatable bonds is 5. The monoisotopic (exact) mass is 337 g/mol. The van der Waals surface area contributed by atoms with Crippen molar-refractivity contribution in [1.29, 1.82) is 5.26 Å². The molecule has 0 radical (unpaired) electrons. The minimum atomic E-state index is -3.60. The number of nitriles is 1. The van der Waals surface area contributed by atoms with E-state index in [1.165, 1.54) is 29.6 Å². The molecule has 8 heteroatoms. The van der Waals surface area contributed by atoms with E-state index in [0.717, 1.165) is 19.3 Å². The maximum absolute atomic E-state index is 12.7. The van der Waals surface area contributed by atoms with E-state index in [2.05, 4.69) is 5.32 Å². The van der Waals surface area contributed by atoms with Crippen molar-refractivity contribution in [3.8, 4) is 11.8 Å². The van der Waals surface area contributed by atoms with Crippen LogP contribution in [0.15, 0.2) is 23.1 Å². The first-order valence-corrected chi connectivity index (χ1v) is 8.78. The number of hydrogen-bond donors (Lipinski definition) is 1. The summed E-state index contributed by atoms with van der Waals surface area (Å²) in [5.41, 5.74) is 0.242. The number of piperidine rings is 1. The van der Waals surface area contributed by atoms with Crippen molar-refractivity contribution < 1.29 is 17.9 Å². The molecule has 0 aliphatic carbocycles. The van der Waals surface area contributed by atoms with Gasteiger partial charge in [-0.2, -0.15) is 9.57 Å². The molecule has 1 aromatic rings. The number of amides is 1. The van der Waals surface area contributed by atoms with Crippen molar-refractivity contribution in [2.24, 2.45) is 0 Å². The maximum atomic E-state index is 12.7. The second-order valence-electron chi connectivity index (χ2n) is 5.21.